The van der Waals surface area contributed by atoms with Gasteiger partial charge in [-0.2, -0.15) is 4.98 Å². The number of carbonyl (C=O) groups is 1. The molecular formula is C25H28N6O3S2. The molecule has 188 valence electrons. The smallest absolute Gasteiger partial charge is 0.225 e. The van der Waals surface area contributed by atoms with Crippen LogP contribution in [-0.4, -0.2) is 49.4 Å². The van der Waals surface area contributed by atoms with E-state index in [9.17, 15) is 15.0 Å². The number of fused-ring (bicyclic) bond motifs is 1. The summed E-state index contributed by atoms with van der Waals surface area (Å²) in [6.07, 6.45) is -0.237. The lowest BCUT2D eigenvalue weighted by atomic mass is 10.0. The number of para-hydroxylation sites is 1. The molecule has 5 rings (SSSR count). The fourth-order valence-electron chi connectivity index (χ4n) is 4.49. The number of aliphatic hydroxyl groups excluding tert-OH is 1. The first-order chi connectivity index (χ1) is 17.3. The Bertz CT molecular complexity index is 1340. The van der Waals surface area contributed by atoms with Crippen molar-refractivity contribution in [1.29, 1.82) is 0 Å². The first kappa shape index (κ1) is 24.6. The number of hydrogen-bond donors (Lipinski definition) is 5. The molecular weight excluding hydrogens is 496 g/mol. The first-order valence-corrected chi connectivity index (χ1v) is 13.5. The van der Waals surface area contributed by atoms with Crippen molar-refractivity contribution in [1.82, 2.24) is 20.3 Å². The maximum atomic E-state index is 11.5. The number of hydrogen-bond acceptors (Lipinski definition) is 10. The fourth-order valence-corrected chi connectivity index (χ4v) is 6.20. The lowest BCUT2D eigenvalue weighted by molar-refractivity contribution is -0.119. The second kappa shape index (κ2) is 10.1. The van der Waals surface area contributed by atoms with Crippen molar-refractivity contribution in [3.05, 3.63) is 52.3 Å². The summed E-state index contributed by atoms with van der Waals surface area (Å²) in [5, 5.41) is 34.3. The van der Waals surface area contributed by atoms with E-state index in [4.69, 9.17) is 9.97 Å². The van der Waals surface area contributed by atoms with Gasteiger partial charge < -0.3 is 26.2 Å². The van der Waals surface area contributed by atoms with E-state index < -0.39 is 11.8 Å². The average Bonchev–Trinajstić information content (AvgIpc) is 3.57. The zero-order valence-electron chi connectivity index (χ0n) is 20.0. The summed E-state index contributed by atoms with van der Waals surface area (Å²) in [5.41, 5.74) is 0.646. The zero-order chi connectivity index (χ0) is 25.3. The minimum atomic E-state index is -1.61. The van der Waals surface area contributed by atoms with Crippen molar-refractivity contribution in [3.8, 4) is 10.6 Å². The molecule has 0 radical (unpaired) electrons. The second-order valence-electron chi connectivity index (χ2n) is 9.01. The average molecular weight is 525 g/mol. The quantitative estimate of drug-likeness (QED) is 0.220. The lowest BCUT2D eigenvalue weighted by Crippen LogP contribution is -2.49. The standard InChI is InChI=1S/C25H28N6O3S2/c1-14-20(23-29-18-7-3-4-8-19(18)36-23)22(30-24(28-14)27-13-17-6-5-11-35-17)31-25(34)10-9-16(21(25)33)12-26-15(2)32/h3-8,11,16,21,33-34H,9-10,12-13H2,1-2H3,(H,26,32)(H2,27,28,30,31). The van der Waals surface area contributed by atoms with Crippen LogP contribution in [-0.2, 0) is 11.3 Å². The molecule has 1 aromatic carbocycles. The third-order valence-electron chi connectivity index (χ3n) is 6.38. The van der Waals surface area contributed by atoms with Crippen LogP contribution >= 0.6 is 22.7 Å². The van der Waals surface area contributed by atoms with Gasteiger partial charge in [0.1, 0.15) is 16.9 Å². The number of thiazole rings is 1. The molecule has 0 aliphatic heterocycles. The number of nitrogens with zero attached hydrogens (tertiary/aromatic N) is 3. The summed E-state index contributed by atoms with van der Waals surface area (Å²) in [4.78, 5) is 26.7. The molecule has 0 spiro atoms. The molecule has 0 bridgehead atoms. The Balaban J connectivity index is 1.49. The Morgan fingerprint density at radius 3 is 2.78 bits per heavy atom. The number of nitrogens with one attached hydrogen (secondary N) is 3. The highest BCUT2D eigenvalue weighted by Gasteiger charge is 2.47. The maximum absolute atomic E-state index is 11.5. The molecule has 3 aromatic heterocycles. The number of benzene rings is 1. The van der Waals surface area contributed by atoms with E-state index in [-0.39, 0.29) is 11.8 Å². The molecule has 1 aliphatic rings. The first-order valence-electron chi connectivity index (χ1n) is 11.8. The zero-order valence-corrected chi connectivity index (χ0v) is 21.6. The van der Waals surface area contributed by atoms with Crippen LogP contribution in [0.1, 0.15) is 30.3 Å². The van der Waals surface area contributed by atoms with E-state index in [0.717, 1.165) is 20.1 Å². The molecule has 1 saturated carbocycles. The van der Waals surface area contributed by atoms with E-state index in [1.165, 1.54) is 18.3 Å². The van der Waals surface area contributed by atoms with Gasteiger partial charge >= 0.3 is 0 Å². The van der Waals surface area contributed by atoms with Gasteiger partial charge in [0.25, 0.3) is 0 Å². The number of rotatable bonds is 8. The van der Waals surface area contributed by atoms with Crippen molar-refractivity contribution in [3.63, 3.8) is 0 Å². The monoisotopic (exact) mass is 524 g/mol. The molecule has 36 heavy (non-hydrogen) atoms. The van der Waals surface area contributed by atoms with Crippen molar-refractivity contribution < 1.29 is 15.0 Å². The van der Waals surface area contributed by atoms with E-state index in [1.807, 2.05) is 48.7 Å². The van der Waals surface area contributed by atoms with Crippen LogP contribution in [0.25, 0.3) is 20.8 Å². The Labute approximate surface area is 216 Å². The van der Waals surface area contributed by atoms with Gasteiger partial charge in [-0.15, -0.1) is 22.7 Å². The Morgan fingerprint density at radius 2 is 2.03 bits per heavy atom. The molecule has 0 saturated heterocycles. The molecule has 4 aromatic rings. The van der Waals surface area contributed by atoms with Gasteiger partial charge in [0, 0.05) is 24.3 Å². The molecule has 5 N–H and O–H groups in total. The Hall–Kier alpha value is -3.12. The number of aliphatic hydroxyl groups is 2. The second-order valence-corrected chi connectivity index (χ2v) is 11.1. The minimum Gasteiger partial charge on any atom is -0.388 e. The Morgan fingerprint density at radius 1 is 1.19 bits per heavy atom. The van der Waals surface area contributed by atoms with Gasteiger partial charge in [0.15, 0.2) is 5.72 Å². The normalized spacial score (nSPS) is 21.6. The van der Waals surface area contributed by atoms with Crippen molar-refractivity contribution >= 4 is 50.6 Å². The third-order valence-corrected chi connectivity index (χ3v) is 8.31. The van der Waals surface area contributed by atoms with Gasteiger partial charge in [0.2, 0.25) is 11.9 Å². The molecule has 3 heterocycles. The highest BCUT2D eigenvalue weighted by molar-refractivity contribution is 7.21. The molecule has 3 unspecified atom stereocenters. The number of aromatic nitrogens is 3. The highest BCUT2D eigenvalue weighted by atomic mass is 32.1. The fraction of sp³-hybridized carbons (Fsp3) is 0.360. The van der Waals surface area contributed by atoms with Crippen LogP contribution in [0, 0.1) is 12.8 Å². The predicted molar refractivity (Wildman–Crippen MR) is 143 cm³/mol. The van der Waals surface area contributed by atoms with Crippen LogP contribution in [0.2, 0.25) is 0 Å². The van der Waals surface area contributed by atoms with Gasteiger partial charge in [-0.05, 0) is 43.3 Å². The number of thiophene rings is 1. The third kappa shape index (κ3) is 5.05. The van der Waals surface area contributed by atoms with Gasteiger partial charge in [-0.25, -0.2) is 9.97 Å². The SMILES string of the molecule is CC(=O)NCC1CCC(O)(Nc2nc(NCc3cccs3)nc(C)c2-c2nc3ccccc3s2)C1O. The van der Waals surface area contributed by atoms with E-state index in [2.05, 4.69) is 20.9 Å². The van der Waals surface area contributed by atoms with Crippen LogP contribution in [0.3, 0.4) is 0 Å². The number of anilines is 2. The van der Waals surface area contributed by atoms with Crippen LogP contribution in [0.5, 0.6) is 0 Å². The summed E-state index contributed by atoms with van der Waals surface area (Å²) in [6.45, 7) is 4.19. The van der Waals surface area contributed by atoms with Crippen LogP contribution < -0.4 is 16.0 Å². The Kier molecular flexibility index (Phi) is 6.89. The summed E-state index contributed by atoms with van der Waals surface area (Å²) in [7, 11) is 0. The predicted octanol–water partition coefficient (Wildman–Crippen LogP) is 3.74. The minimum absolute atomic E-state index is 0.170. The van der Waals surface area contributed by atoms with Crippen molar-refractivity contribution in [2.75, 3.05) is 17.2 Å². The molecule has 1 aliphatic carbocycles. The molecule has 3 atom stereocenters. The van der Waals surface area contributed by atoms with E-state index in [1.54, 1.807) is 11.3 Å². The topological polar surface area (TPSA) is 132 Å². The number of aryl methyl sites for hydroxylation is 1. The number of amides is 1. The van der Waals surface area contributed by atoms with Crippen molar-refractivity contribution in [2.45, 2.75) is 45.1 Å². The summed E-state index contributed by atoms with van der Waals surface area (Å²) >= 11 is 3.16. The van der Waals surface area contributed by atoms with E-state index in [0.29, 0.717) is 49.0 Å². The molecule has 11 heteroatoms. The highest BCUT2D eigenvalue weighted by Crippen LogP contribution is 2.40. The summed E-state index contributed by atoms with van der Waals surface area (Å²) < 4.78 is 1.03. The lowest BCUT2D eigenvalue weighted by Gasteiger charge is -2.31. The largest absolute Gasteiger partial charge is 0.388 e. The number of carbonyl (C=O) groups excluding carboxylic acids is 1. The van der Waals surface area contributed by atoms with Crippen LogP contribution in [0.4, 0.5) is 11.8 Å². The van der Waals surface area contributed by atoms with Gasteiger partial charge in [-0.1, -0.05) is 18.2 Å². The van der Waals surface area contributed by atoms with Crippen LogP contribution in [0.15, 0.2) is 41.8 Å². The summed E-state index contributed by atoms with van der Waals surface area (Å²) in [6, 6.07) is 11.9. The van der Waals surface area contributed by atoms with Gasteiger partial charge in [0.05, 0.1) is 28.0 Å². The molecule has 1 fully saturated rings. The maximum Gasteiger partial charge on any atom is 0.225 e. The molecule has 9 nitrogen and oxygen atoms in total. The van der Waals surface area contributed by atoms with Gasteiger partial charge in [-0.3, -0.25) is 4.79 Å². The summed E-state index contributed by atoms with van der Waals surface area (Å²) in [5.74, 6) is 0.365. The van der Waals surface area contributed by atoms with Crippen molar-refractivity contribution in [2.24, 2.45) is 5.92 Å². The van der Waals surface area contributed by atoms with E-state index >= 15 is 0 Å². The molecule has 1 amide bonds.